The highest BCUT2D eigenvalue weighted by Crippen LogP contribution is 2.11. The summed E-state index contributed by atoms with van der Waals surface area (Å²) >= 11 is 0. The number of hydrogen-bond donors (Lipinski definition) is 2. The summed E-state index contributed by atoms with van der Waals surface area (Å²) in [6.45, 7) is 5.94. The van der Waals surface area contributed by atoms with Gasteiger partial charge < -0.3 is 14.9 Å². The molecule has 3 heteroatoms. The van der Waals surface area contributed by atoms with E-state index in [9.17, 15) is 0 Å². The molecule has 0 amide bonds. The second-order valence-corrected chi connectivity index (χ2v) is 4.27. The van der Waals surface area contributed by atoms with Gasteiger partial charge in [-0.1, -0.05) is 30.4 Å². The van der Waals surface area contributed by atoms with E-state index in [0.29, 0.717) is 18.3 Å². The van der Waals surface area contributed by atoms with Crippen LogP contribution in [-0.2, 0) is 4.74 Å². The van der Waals surface area contributed by atoms with E-state index in [1.807, 2.05) is 32.1 Å². The van der Waals surface area contributed by atoms with Crippen LogP contribution in [0.25, 0.3) is 0 Å². The Hall–Kier alpha value is -1.32. The summed E-state index contributed by atoms with van der Waals surface area (Å²) in [6, 6.07) is 8.71. The lowest BCUT2D eigenvalue weighted by molar-refractivity contribution is 0.0304. The van der Waals surface area contributed by atoms with E-state index in [4.69, 9.17) is 14.9 Å². The van der Waals surface area contributed by atoms with E-state index in [1.165, 1.54) is 0 Å². The second kappa shape index (κ2) is 13.1. The van der Waals surface area contributed by atoms with Crippen molar-refractivity contribution in [2.75, 3.05) is 19.8 Å². The number of allylic oxidation sites excluding steroid dienone is 2. The molecule has 1 aliphatic heterocycles. The normalized spacial score (nSPS) is 17.9. The molecular weight excluding hydrogens is 240 g/mol. The first-order valence-electron chi connectivity index (χ1n) is 6.74. The second-order valence-electron chi connectivity index (χ2n) is 4.27. The first-order valence-corrected chi connectivity index (χ1v) is 6.74. The van der Waals surface area contributed by atoms with Crippen molar-refractivity contribution < 1.29 is 14.9 Å². The average molecular weight is 266 g/mol. The van der Waals surface area contributed by atoms with Crippen LogP contribution in [0.15, 0.2) is 42.5 Å². The Morgan fingerprint density at radius 1 is 1.21 bits per heavy atom. The fourth-order valence-corrected chi connectivity index (χ4v) is 1.38. The smallest absolute Gasteiger partial charge is 0.115 e. The predicted molar refractivity (Wildman–Crippen MR) is 79.2 cm³/mol. The third kappa shape index (κ3) is 11.5. The molecule has 19 heavy (non-hydrogen) atoms. The molecule has 0 spiro atoms. The van der Waals surface area contributed by atoms with Crippen LogP contribution in [0, 0.1) is 5.92 Å². The summed E-state index contributed by atoms with van der Waals surface area (Å²) in [5, 5.41) is 17.2. The number of rotatable bonds is 1. The molecule has 2 N–H and O–H groups in total. The summed E-state index contributed by atoms with van der Waals surface area (Å²) in [6.07, 6.45) is 6.25. The zero-order valence-corrected chi connectivity index (χ0v) is 12.0. The van der Waals surface area contributed by atoms with Crippen LogP contribution in [0.4, 0.5) is 0 Å². The Bertz CT molecular complexity index is 299. The van der Waals surface area contributed by atoms with Crippen LogP contribution >= 0.6 is 0 Å². The van der Waals surface area contributed by atoms with Crippen molar-refractivity contribution in [3.05, 3.63) is 42.5 Å². The number of benzene rings is 1. The van der Waals surface area contributed by atoms with Crippen LogP contribution in [0.3, 0.4) is 0 Å². The molecule has 0 radical (unpaired) electrons. The van der Waals surface area contributed by atoms with E-state index >= 15 is 0 Å². The summed E-state index contributed by atoms with van der Waals surface area (Å²) in [7, 11) is 0. The van der Waals surface area contributed by atoms with Crippen molar-refractivity contribution in [1.29, 1.82) is 0 Å². The van der Waals surface area contributed by atoms with Gasteiger partial charge in [-0.3, -0.25) is 0 Å². The lowest BCUT2D eigenvalue weighted by Gasteiger charge is -2.18. The number of hydrogen-bond acceptors (Lipinski definition) is 3. The molecule has 1 atom stereocenters. The number of ether oxygens (including phenoxy) is 1. The highest BCUT2D eigenvalue weighted by molar-refractivity contribution is 5.18. The maximum atomic E-state index is 8.63. The minimum Gasteiger partial charge on any atom is -0.508 e. The summed E-state index contributed by atoms with van der Waals surface area (Å²) in [4.78, 5) is 0. The Kier molecular flexibility index (Phi) is 12.2. The van der Waals surface area contributed by atoms with Crippen molar-refractivity contribution in [3.8, 4) is 5.75 Å². The molecule has 0 aliphatic carbocycles. The van der Waals surface area contributed by atoms with Crippen LogP contribution in [0.2, 0.25) is 0 Å². The van der Waals surface area contributed by atoms with Crippen molar-refractivity contribution in [2.24, 2.45) is 5.92 Å². The average Bonchev–Trinajstić information content (AvgIpc) is 2.50. The molecule has 108 valence electrons. The van der Waals surface area contributed by atoms with Gasteiger partial charge in [-0.05, 0) is 38.8 Å². The molecule has 2 rings (SSSR count). The van der Waals surface area contributed by atoms with Crippen molar-refractivity contribution in [2.45, 2.75) is 26.7 Å². The number of phenols is 1. The van der Waals surface area contributed by atoms with Gasteiger partial charge in [0.05, 0.1) is 6.61 Å². The summed E-state index contributed by atoms with van der Waals surface area (Å²) < 4.78 is 5.11. The fourth-order valence-electron chi connectivity index (χ4n) is 1.38. The van der Waals surface area contributed by atoms with Gasteiger partial charge in [0.2, 0.25) is 0 Å². The fraction of sp³-hybridized carbons (Fsp3) is 0.500. The third-order valence-corrected chi connectivity index (χ3v) is 2.60. The SMILES string of the molecule is C/C=C/C.OCC1CCCOC1.Oc1ccccc1. The molecule has 1 aromatic rings. The molecule has 0 saturated carbocycles. The van der Waals surface area contributed by atoms with Crippen molar-refractivity contribution in [1.82, 2.24) is 0 Å². The Balaban J connectivity index is 0.000000272. The van der Waals surface area contributed by atoms with E-state index in [1.54, 1.807) is 24.3 Å². The Labute approximate surface area is 116 Å². The highest BCUT2D eigenvalue weighted by atomic mass is 16.5. The third-order valence-electron chi connectivity index (χ3n) is 2.60. The minimum absolute atomic E-state index is 0.292. The van der Waals surface area contributed by atoms with Gasteiger partial charge in [0.15, 0.2) is 0 Å². The number of para-hydroxylation sites is 1. The number of phenolic OH excluding ortho intramolecular Hbond substituents is 1. The molecule has 1 saturated heterocycles. The van der Waals surface area contributed by atoms with Gasteiger partial charge in [0.25, 0.3) is 0 Å². The van der Waals surface area contributed by atoms with Crippen LogP contribution in [0.5, 0.6) is 5.75 Å². The molecule has 3 nitrogen and oxygen atoms in total. The molecule has 1 heterocycles. The first-order chi connectivity index (χ1) is 9.24. The number of aromatic hydroxyl groups is 1. The van der Waals surface area contributed by atoms with E-state index in [2.05, 4.69) is 0 Å². The van der Waals surface area contributed by atoms with E-state index < -0.39 is 0 Å². The first kappa shape index (κ1) is 17.7. The zero-order valence-electron chi connectivity index (χ0n) is 12.0. The van der Waals surface area contributed by atoms with Crippen LogP contribution in [-0.4, -0.2) is 30.0 Å². The van der Waals surface area contributed by atoms with E-state index in [0.717, 1.165) is 26.1 Å². The quantitative estimate of drug-likeness (QED) is 0.766. The predicted octanol–water partition coefficient (Wildman–Crippen LogP) is 3.38. The molecule has 1 aromatic carbocycles. The maximum absolute atomic E-state index is 8.63. The molecule has 1 unspecified atom stereocenters. The molecule has 1 aliphatic rings. The van der Waals surface area contributed by atoms with Gasteiger partial charge in [-0.2, -0.15) is 0 Å². The van der Waals surface area contributed by atoms with Crippen molar-refractivity contribution >= 4 is 0 Å². The van der Waals surface area contributed by atoms with Gasteiger partial charge in [-0.25, -0.2) is 0 Å². The largest absolute Gasteiger partial charge is 0.508 e. The Morgan fingerprint density at radius 3 is 2.11 bits per heavy atom. The molecule has 0 aromatic heterocycles. The minimum atomic E-state index is 0.292. The van der Waals surface area contributed by atoms with Crippen LogP contribution < -0.4 is 0 Å². The Morgan fingerprint density at radius 2 is 1.84 bits per heavy atom. The highest BCUT2D eigenvalue weighted by Gasteiger charge is 2.11. The number of aliphatic hydroxyl groups excluding tert-OH is 1. The monoisotopic (exact) mass is 266 g/mol. The summed E-state index contributed by atoms with van der Waals surface area (Å²) in [5.41, 5.74) is 0. The lowest BCUT2D eigenvalue weighted by Crippen LogP contribution is -2.19. The molecule has 1 fully saturated rings. The zero-order chi connectivity index (χ0) is 14.3. The lowest BCUT2D eigenvalue weighted by atomic mass is 10.0. The van der Waals surface area contributed by atoms with Crippen molar-refractivity contribution in [3.63, 3.8) is 0 Å². The van der Waals surface area contributed by atoms with Gasteiger partial charge >= 0.3 is 0 Å². The number of aliphatic hydroxyl groups is 1. The topological polar surface area (TPSA) is 49.7 Å². The van der Waals surface area contributed by atoms with E-state index in [-0.39, 0.29) is 0 Å². The standard InChI is InChI=1S/C6H12O2.C6H6O.C4H8/c7-4-6-2-1-3-8-5-6;7-6-4-2-1-3-5-6;1-3-4-2/h6-7H,1-5H2;1-5,7H;3-4H,1-2H3/b;;4-3+. The van der Waals surface area contributed by atoms with Crippen LogP contribution in [0.1, 0.15) is 26.7 Å². The van der Waals surface area contributed by atoms with Gasteiger partial charge in [0, 0.05) is 19.1 Å². The summed E-state index contributed by atoms with van der Waals surface area (Å²) in [5.74, 6) is 0.742. The molecule has 0 bridgehead atoms. The molecular formula is C16H26O3. The van der Waals surface area contributed by atoms with Gasteiger partial charge in [-0.15, -0.1) is 0 Å². The van der Waals surface area contributed by atoms with Gasteiger partial charge in [0.1, 0.15) is 5.75 Å². The maximum Gasteiger partial charge on any atom is 0.115 e.